The molecule has 0 aromatic heterocycles. The number of benzene rings is 4. The predicted octanol–water partition coefficient (Wildman–Crippen LogP) is 6.23. The lowest BCUT2D eigenvalue weighted by atomic mass is 10.0. The van der Waals surface area contributed by atoms with Crippen LogP contribution in [0.15, 0.2) is 103 Å². The average molecular weight is 409 g/mol. The highest BCUT2D eigenvalue weighted by molar-refractivity contribution is 6.04. The maximum absolute atomic E-state index is 12.7. The summed E-state index contributed by atoms with van der Waals surface area (Å²) in [4.78, 5) is 12.7. The Morgan fingerprint density at radius 2 is 1.42 bits per heavy atom. The fourth-order valence-electron chi connectivity index (χ4n) is 3.36. The van der Waals surface area contributed by atoms with Gasteiger partial charge in [0.25, 0.3) is 5.91 Å². The molecule has 4 aromatic carbocycles. The van der Waals surface area contributed by atoms with Crippen molar-refractivity contribution in [3.8, 4) is 16.9 Å². The summed E-state index contributed by atoms with van der Waals surface area (Å²) in [6.07, 6.45) is 0. The molecule has 0 heterocycles. The molecule has 0 unspecified atom stereocenters. The number of ether oxygens (including phenoxy) is 1. The van der Waals surface area contributed by atoms with Gasteiger partial charge in [0.2, 0.25) is 0 Å². The SMILES string of the molecule is COc1ccc(NC(=O)c2ccc(-c3ccccc3)cc2)cc1NCc1ccccc1. The molecule has 0 bridgehead atoms. The van der Waals surface area contributed by atoms with E-state index in [1.54, 1.807) is 7.11 Å². The monoisotopic (exact) mass is 408 g/mol. The molecule has 0 spiro atoms. The number of anilines is 2. The third-order valence-electron chi connectivity index (χ3n) is 5.04. The average Bonchev–Trinajstić information content (AvgIpc) is 2.84. The summed E-state index contributed by atoms with van der Waals surface area (Å²) in [7, 11) is 1.63. The Bertz CT molecular complexity index is 1140. The van der Waals surface area contributed by atoms with E-state index in [0.29, 0.717) is 17.8 Å². The van der Waals surface area contributed by atoms with Crippen LogP contribution in [-0.4, -0.2) is 13.0 Å². The number of hydrogen-bond acceptors (Lipinski definition) is 3. The molecule has 0 saturated carbocycles. The van der Waals surface area contributed by atoms with Gasteiger partial charge < -0.3 is 15.4 Å². The molecule has 0 atom stereocenters. The van der Waals surface area contributed by atoms with Crippen molar-refractivity contribution in [2.75, 3.05) is 17.7 Å². The van der Waals surface area contributed by atoms with Crippen molar-refractivity contribution in [1.82, 2.24) is 0 Å². The van der Waals surface area contributed by atoms with Crippen molar-refractivity contribution in [3.63, 3.8) is 0 Å². The second kappa shape index (κ2) is 9.63. The molecule has 31 heavy (non-hydrogen) atoms. The van der Waals surface area contributed by atoms with Gasteiger partial charge in [0.05, 0.1) is 12.8 Å². The zero-order valence-electron chi connectivity index (χ0n) is 17.3. The maximum atomic E-state index is 12.7. The minimum absolute atomic E-state index is 0.154. The highest BCUT2D eigenvalue weighted by Crippen LogP contribution is 2.29. The van der Waals surface area contributed by atoms with Crippen LogP contribution in [0.5, 0.6) is 5.75 Å². The molecule has 2 N–H and O–H groups in total. The van der Waals surface area contributed by atoms with Crippen molar-refractivity contribution < 1.29 is 9.53 Å². The molecule has 0 radical (unpaired) electrons. The normalized spacial score (nSPS) is 10.4. The first-order valence-corrected chi connectivity index (χ1v) is 10.2. The topological polar surface area (TPSA) is 50.4 Å². The number of amides is 1. The van der Waals surface area contributed by atoms with Gasteiger partial charge in [0.15, 0.2) is 0 Å². The van der Waals surface area contributed by atoms with Gasteiger partial charge in [-0.05, 0) is 47.0 Å². The summed E-state index contributed by atoms with van der Waals surface area (Å²) >= 11 is 0. The Labute approximate surface area is 182 Å². The molecular weight excluding hydrogens is 384 g/mol. The number of methoxy groups -OCH3 is 1. The summed E-state index contributed by atoms with van der Waals surface area (Å²) in [6, 6.07) is 33.4. The second-order valence-corrected chi connectivity index (χ2v) is 7.15. The van der Waals surface area contributed by atoms with Gasteiger partial charge in [-0.25, -0.2) is 0 Å². The molecule has 154 valence electrons. The van der Waals surface area contributed by atoms with E-state index in [4.69, 9.17) is 4.74 Å². The number of hydrogen-bond donors (Lipinski definition) is 2. The smallest absolute Gasteiger partial charge is 0.255 e. The number of nitrogens with one attached hydrogen (secondary N) is 2. The van der Waals surface area contributed by atoms with Crippen LogP contribution in [0.3, 0.4) is 0 Å². The first kappa shape index (κ1) is 20.2. The van der Waals surface area contributed by atoms with Crippen molar-refractivity contribution in [2.45, 2.75) is 6.54 Å². The highest BCUT2D eigenvalue weighted by atomic mass is 16.5. The largest absolute Gasteiger partial charge is 0.495 e. The Hall–Kier alpha value is -4.05. The molecular formula is C27H24N2O2. The number of carbonyl (C=O) groups excluding carboxylic acids is 1. The first-order chi connectivity index (χ1) is 15.2. The minimum atomic E-state index is -0.154. The third kappa shape index (κ3) is 5.11. The molecule has 4 heteroatoms. The lowest BCUT2D eigenvalue weighted by molar-refractivity contribution is 0.102. The van der Waals surface area contributed by atoms with Crippen LogP contribution in [0, 0.1) is 0 Å². The van der Waals surface area contributed by atoms with E-state index in [1.165, 1.54) is 0 Å². The van der Waals surface area contributed by atoms with Gasteiger partial charge in [-0.3, -0.25) is 4.79 Å². The Kier molecular flexibility index (Phi) is 6.29. The zero-order valence-corrected chi connectivity index (χ0v) is 17.3. The lowest BCUT2D eigenvalue weighted by Gasteiger charge is -2.14. The van der Waals surface area contributed by atoms with E-state index in [1.807, 2.05) is 78.9 Å². The van der Waals surface area contributed by atoms with Crippen LogP contribution < -0.4 is 15.4 Å². The third-order valence-corrected chi connectivity index (χ3v) is 5.04. The highest BCUT2D eigenvalue weighted by Gasteiger charge is 2.10. The molecule has 4 rings (SSSR count). The lowest BCUT2D eigenvalue weighted by Crippen LogP contribution is -2.12. The van der Waals surface area contributed by atoms with Crippen molar-refractivity contribution >= 4 is 17.3 Å². The summed E-state index contributed by atoms with van der Waals surface area (Å²) in [6.45, 7) is 0.662. The molecule has 4 aromatic rings. The van der Waals surface area contributed by atoms with Crippen LogP contribution in [0.4, 0.5) is 11.4 Å². The predicted molar refractivity (Wildman–Crippen MR) is 127 cm³/mol. The summed E-state index contributed by atoms with van der Waals surface area (Å²) in [5.41, 5.74) is 5.50. The van der Waals surface area contributed by atoms with Crippen LogP contribution in [0.1, 0.15) is 15.9 Å². The number of carbonyl (C=O) groups is 1. The van der Waals surface area contributed by atoms with E-state index in [2.05, 4.69) is 34.9 Å². The molecule has 0 aliphatic carbocycles. The van der Waals surface area contributed by atoms with Gasteiger partial charge in [-0.15, -0.1) is 0 Å². The number of rotatable bonds is 7. The Morgan fingerprint density at radius 1 is 0.774 bits per heavy atom. The second-order valence-electron chi connectivity index (χ2n) is 7.15. The summed E-state index contributed by atoms with van der Waals surface area (Å²) in [5, 5.41) is 6.36. The summed E-state index contributed by atoms with van der Waals surface area (Å²) in [5.74, 6) is 0.569. The molecule has 0 aliphatic rings. The fraction of sp³-hybridized carbons (Fsp3) is 0.0741. The Morgan fingerprint density at radius 3 is 2.10 bits per heavy atom. The summed E-state index contributed by atoms with van der Waals surface area (Å²) < 4.78 is 5.46. The van der Waals surface area contributed by atoms with Crippen LogP contribution in [0.2, 0.25) is 0 Å². The zero-order chi connectivity index (χ0) is 21.5. The van der Waals surface area contributed by atoms with Gasteiger partial charge in [0.1, 0.15) is 5.75 Å². The van der Waals surface area contributed by atoms with Gasteiger partial charge in [-0.1, -0.05) is 72.8 Å². The molecule has 0 aliphatic heterocycles. The Balaban J connectivity index is 1.46. The van der Waals surface area contributed by atoms with Crippen LogP contribution in [0.25, 0.3) is 11.1 Å². The standard InChI is InChI=1S/C27H24N2O2/c1-31-26-17-16-24(18-25(26)28-19-20-8-4-2-5-9-20)29-27(30)23-14-12-22(13-15-23)21-10-6-3-7-11-21/h2-18,28H,19H2,1H3,(H,29,30). The maximum Gasteiger partial charge on any atom is 0.255 e. The van der Waals surface area contributed by atoms with Crippen LogP contribution in [-0.2, 0) is 6.54 Å². The van der Waals surface area contributed by atoms with E-state index in [9.17, 15) is 4.79 Å². The van der Waals surface area contributed by atoms with E-state index in [0.717, 1.165) is 28.1 Å². The quantitative estimate of drug-likeness (QED) is 0.381. The molecule has 1 amide bonds. The van der Waals surface area contributed by atoms with Crippen molar-refractivity contribution in [3.05, 3.63) is 114 Å². The minimum Gasteiger partial charge on any atom is -0.495 e. The van der Waals surface area contributed by atoms with Gasteiger partial charge in [0, 0.05) is 17.8 Å². The molecule has 0 saturated heterocycles. The van der Waals surface area contributed by atoms with E-state index >= 15 is 0 Å². The van der Waals surface area contributed by atoms with Crippen molar-refractivity contribution in [1.29, 1.82) is 0 Å². The fourth-order valence-corrected chi connectivity index (χ4v) is 3.36. The van der Waals surface area contributed by atoms with Gasteiger partial charge >= 0.3 is 0 Å². The van der Waals surface area contributed by atoms with Crippen molar-refractivity contribution in [2.24, 2.45) is 0 Å². The molecule has 0 fully saturated rings. The van der Waals surface area contributed by atoms with Crippen LogP contribution >= 0.6 is 0 Å². The van der Waals surface area contributed by atoms with Gasteiger partial charge in [-0.2, -0.15) is 0 Å². The first-order valence-electron chi connectivity index (χ1n) is 10.2. The van der Waals surface area contributed by atoms with E-state index < -0.39 is 0 Å². The molecule has 4 nitrogen and oxygen atoms in total. The van der Waals surface area contributed by atoms with E-state index in [-0.39, 0.29) is 5.91 Å².